The Kier molecular flexibility index (Phi) is 35.4. The third kappa shape index (κ3) is 25.3. The van der Waals surface area contributed by atoms with Gasteiger partial charge in [0, 0.05) is 0 Å². The minimum atomic E-state index is -1.26. The van der Waals surface area contributed by atoms with E-state index in [2.05, 4.69) is 338 Å². The average molecular weight is 1520 g/mol. The van der Waals surface area contributed by atoms with E-state index in [1.165, 1.54) is 0 Å². The second-order valence-electron chi connectivity index (χ2n) is 27.6. The van der Waals surface area contributed by atoms with Gasteiger partial charge in [0.25, 0.3) is 0 Å². The molecule has 0 aromatic rings. The normalized spacial score (nSPS) is 21.5. The van der Waals surface area contributed by atoms with Crippen LogP contribution in [0.25, 0.3) is 0 Å². The van der Waals surface area contributed by atoms with Crippen molar-refractivity contribution < 1.29 is 0 Å². The van der Waals surface area contributed by atoms with E-state index >= 15 is 0 Å². The van der Waals surface area contributed by atoms with Crippen molar-refractivity contribution in [2.45, 2.75) is 312 Å². The zero-order chi connectivity index (χ0) is 56.3. The first-order valence-corrected chi connectivity index (χ1v) is 49.3. The molecule has 0 saturated carbocycles. The van der Waals surface area contributed by atoms with Crippen LogP contribution in [-0.2, 0) is 0 Å². The molecule has 12 radical (unpaired) electrons. The fourth-order valence-electron chi connectivity index (χ4n) is 9.37. The molecule has 8 nitrogen and oxygen atoms in total. The van der Waals surface area contributed by atoms with Crippen molar-refractivity contribution in [1.29, 1.82) is 0 Å². The van der Waals surface area contributed by atoms with Crippen LogP contribution in [0.2, 0.25) is 73.7 Å². The van der Waals surface area contributed by atoms with E-state index in [1.807, 2.05) is 0 Å². The Labute approximate surface area is 495 Å². The van der Waals surface area contributed by atoms with E-state index < -0.39 is 33.6 Å². The van der Waals surface area contributed by atoms with Gasteiger partial charge in [0.2, 0.25) is 0 Å². The standard InChI is InChI=1S/4C10H24GeN2Si.4C2H5Se/c4*1-9(2,3)12-11-13(10(4,5)6)14(12,7)8;4*1-2-3/h4*1-8H3;4*2H2,1H3. The van der Waals surface area contributed by atoms with Crippen molar-refractivity contribution >= 4 is 161 Å². The summed E-state index contributed by atoms with van der Waals surface area (Å²) in [7, 11) is -5.03. The molecule has 4 aliphatic heterocycles. The van der Waals surface area contributed by atoms with E-state index in [4.69, 9.17) is 0 Å². The Hall–Kier alpha value is 4.80. The van der Waals surface area contributed by atoms with Crippen molar-refractivity contribution in [2.24, 2.45) is 0 Å². The maximum absolute atomic E-state index is 2.81. The van der Waals surface area contributed by atoms with Gasteiger partial charge < -0.3 is 0 Å². The summed E-state index contributed by atoms with van der Waals surface area (Å²) in [6, 6.07) is 0. The first kappa shape index (κ1) is 79.3. The third-order valence-corrected chi connectivity index (χ3v) is 71.0. The van der Waals surface area contributed by atoms with E-state index in [9.17, 15) is 0 Å². The molecule has 0 aromatic carbocycles. The van der Waals surface area contributed by atoms with Crippen LogP contribution < -0.4 is 0 Å². The van der Waals surface area contributed by atoms with Gasteiger partial charge in [-0.25, -0.2) is 0 Å². The van der Waals surface area contributed by atoms with E-state index in [-0.39, 0.29) is 63.5 Å². The van der Waals surface area contributed by atoms with Gasteiger partial charge in [0.15, 0.2) is 0 Å². The predicted octanol–water partition coefficient (Wildman–Crippen LogP) is 12.1. The Morgan fingerprint density at radius 2 is 0.294 bits per heavy atom. The van der Waals surface area contributed by atoms with Gasteiger partial charge in [-0.1, -0.05) is 0 Å². The molecular weight excluding hydrogens is 1410 g/mol. The summed E-state index contributed by atoms with van der Waals surface area (Å²) in [6.07, 6.45) is 0. The first-order chi connectivity index (χ1) is 29.5. The van der Waals surface area contributed by atoms with Gasteiger partial charge in [-0.05, 0) is 0 Å². The van der Waals surface area contributed by atoms with Gasteiger partial charge in [-0.15, -0.1) is 0 Å². The van der Waals surface area contributed by atoms with Gasteiger partial charge >= 0.3 is 501 Å². The fourth-order valence-corrected chi connectivity index (χ4v) is 48.6. The van der Waals surface area contributed by atoms with Crippen LogP contribution in [0, 0.1) is 0 Å². The number of rotatable bonds is 0. The summed E-state index contributed by atoms with van der Waals surface area (Å²) in [6.45, 7) is 84.6. The molecular formula is C48H116Ge4N8Se4Si4. The number of hydrogen-bond donors (Lipinski definition) is 0. The van der Waals surface area contributed by atoms with Crippen LogP contribution in [0.5, 0.6) is 0 Å². The summed E-state index contributed by atoms with van der Waals surface area (Å²) in [4.78, 5) is 0. The zero-order valence-corrected chi connectivity index (χ0v) is 71.3. The van der Waals surface area contributed by atoms with Crippen LogP contribution in [0.4, 0.5) is 0 Å². The molecule has 0 unspecified atom stereocenters. The molecule has 0 amide bonds. The predicted molar refractivity (Wildman–Crippen MR) is 331 cm³/mol. The van der Waals surface area contributed by atoms with Crippen molar-refractivity contribution in [3.63, 3.8) is 0 Å². The number of nitrogens with zero attached hydrogens (tertiary/aromatic N) is 8. The molecule has 0 aliphatic carbocycles. The van der Waals surface area contributed by atoms with Crippen LogP contribution in [0.1, 0.15) is 194 Å². The Balaban J connectivity index is -0.000000371. The van der Waals surface area contributed by atoms with Crippen LogP contribution in [0.15, 0.2) is 0 Å². The molecule has 4 rings (SSSR count). The molecule has 68 heavy (non-hydrogen) atoms. The molecule has 0 bridgehead atoms. The second-order valence-corrected chi connectivity index (χ2v) is 64.7. The SMILES string of the molecule is CC(C)(C)[N]1[Ge][N](C(C)(C)C)[Si]1(C)C.CC(C)(C)[N]1[Ge][N](C(C)(C)C)[Si]1(C)C.CC(C)(C)[N]1[Ge][N](C(C)(C)C)[Si]1(C)C.CC(C)(C)[N]1[Ge][N](C(C)(C)C)[Si]1(C)C.CC[Se].CC[Se].CC[Se].CC[Se]. The van der Waals surface area contributed by atoms with E-state index in [1.54, 1.807) is 0 Å². The molecule has 0 N–H and O–H groups in total. The van der Waals surface area contributed by atoms with Crippen LogP contribution >= 0.6 is 0 Å². The molecule has 4 aliphatic rings. The van der Waals surface area contributed by atoms with E-state index in [0.29, 0.717) is 44.3 Å². The monoisotopic (exact) mass is 1530 g/mol. The summed E-state index contributed by atoms with van der Waals surface area (Å²) in [5, 5.41) is 4.50. The molecule has 20 heteroatoms. The Morgan fingerprint density at radius 1 is 0.235 bits per heavy atom. The molecule has 404 valence electrons. The van der Waals surface area contributed by atoms with Crippen molar-refractivity contribution in [3.8, 4) is 0 Å². The van der Waals surface area contributed by atoms with Crippen LogP contribution in [0.3, 0.4) is 0 Å². The van der Waals surface area contributed by atoms with Gasteiger partial charge in [-0.3, -0.25) is 0 Å². The molecule has 0 atom stereocenters. The van der Waals surface area contributed by atoms with Crippen molar-refractivity contribution in [3.05, 3.63) is 0 Å². The maximum atomic E-state index is 2.81. The molecule has 0 spiro atoms. The van der Waals surface area contributed by atoms with Crippen LogP contribution in [-0.4, -0.2) is 234 Å². The quantitative estimate of drug-likeness (QED) is 0.221. The number of hydrogen-bond acceptors (Lipinski definition) is 8. The van der Waals surface area contributed by atoms with Gasteiger partial charge in [0.05, 0.1) is 0 Å². The third-order valence-electron chi connectivity index (χ3n) is 10.5. The fraction of sp³-hybridized carbons (Fsp3) is 1.00. The summed E-state index contributed by atoms with van der Waals surface area (Å²) in [5.41, 5.74) is 3.09. The minimum absolute atomic E-state index is 0.0216. The second kappa shape index (κ2) is 30.4. The van der Waals surface area contributed by atoms with Crippen molar-refractivity contribution in [1.82, 2.24) is 28.2 Å². The first-order valence-electron chi connectivity index (χ1n) is 25.3. The molecule has 4 fully saturated rings. The Bertz CT molecular complexity index is 1100. The van der Waals surface area contributed by atoms with Gasteiger partial charge in [0.1, 0.15) is 0 Å². The van der Waals surface area contributed by atoms with E-state index in [0.717, 1.165) is 21.3 Å². The molecule has 4 saturated heterocycles. The summed E-state index contributed by atoms with van der Waals surface area (Å²) in [5.74, 6) is 0. The van der Waals surface area contributed by atoms with Crippen molar-refractivity contribution in [2.75, 3.05) is 0 Å². The topological polar surface area (TPSA) is 25.9 Å². The summed E-state index contributed by atoms with van der Waals surface area (Å²) >= 11 is 11.1. The average Bonchev–Trinajstić information content (AvgIpc) is 3.00. The Morgan fingerprint density at radius 3 is 0.324 bits per heavy atom. The molecule has 0 aromatic heterocycles. The summed E-state index contributed by atoms with van der Waals surface area (Å²) < 4.78 is 22.5. The zero-order valence-electron chi connectivity index (χ0n) is 52.0. The van der Waals surface area contributed by atoms with Gasteiger partial charge in [-0.2, -0.15) is 0 Å². The molecule has 4 heterocycles.